The van der Waals surface area contributed by atoms with Crippen LogP contribution in [0.3, 0.4) is 0 Å². The maximum atomic E-state index is 12.4. The molecule has 4 aliphatic rings. The van der Waals surface area contributed by atoms with Crippen LogP contribution in [-0.4, -0.2) is 18.8 Å². The number of carbonyl (C=O) groups excluding carboxylic acids is 1. The molecule has 7 heteroatoms. The first-order chi connectivity index (χ1) is 11.3. The summed E-state index contributed by atoms with van der Waals surface area (Å²) in [5.74, 6) is 2.16. The first-order valence-electron chi connectivity index (χ1n) is 9.03. The molecule has 0 radical (unpaired) electrons. The van der Waals surface area contributed by atoms with Crippen molar-refractivity contribution >= 4 is 16.2 Å². The van der Waals surface area contributed by atoms with Crippen LogP contribution >= 0.6 is 0 Å². The zero-order chi connectivity index (χ0) is 17.1. The molecule has 0 aromatic rings. The fraction of sp³-hybridized carbons (Fsp3) is 0.778. The third-order valence-electron chi connectivity index (χ3n) is 7.13. The summed E-state index contributed by atoms with van der Waals surface area (Å²) < 4.78 is 35.5. The van der Waals surface area contributed by atoms with Gasteiger partial charge in [0.25, 0.3) is 0 Å². The van der Waals surface area contributed by atoms with Crippen LogP contribution in [0.25, 0.3) is 0 Å². The Bertz CT molecular complexity index is 700. The molecule has 0 spiro atoms. The molecule has 0 aromatic carbocycles. The van der Waals surface area contributed by atoms with Gasteiger partial charge in [-0.3, -0.25) is 9.35 Å². The normalized spacial score (nSPS) is 38.6. The zero-order valence-electron chi connectivity index (χ0n) is 15.1. The Morgan fingerprint density at radius 1 is 1.20 bits per heavy atom. The van der Waals surface area contributed by atoms with Gasteiger partial charge in [-0.05, 0) is 49.9 Å². The van der Waals surface area contributed by atoms with Crippen molar-refractivity contribution in [1.29, 1.82) is 0 Å². The van der Waals surface area contributed by atoms with Crippen molar-refractivity contribution in [3.8, 4) is 0 Å². The Morgan fingerprint density at radius 2 is 1.96 bits per heavy atom. The van der Waals surface area contributed by atoms with Crippen molar-refractivity contribution in [2.24, 2.45) is 23.2 Å². The molecule has 2 saturated carbocycles. The number of hydrogen-bond donors (Lipinski definition) is 1. The molecule has 0 saturated heterocycles. The van der Waals surface area contributed by atoms with Crippen molar-refractivity contribution in [2.45, 2.75) is 64.7 Å². The van der Waals surface area contributed by atoms with E-state index in [-0.39, 0.29) is 35.0 Å². The Hall–Kier alpha value is 0.280. The van der Waals surface area contributed by atoms with Crippen LogP contribution in [0.2, 0.25) is 0 Å². The number of fused-ring (bicyclic) bond motifs is 4. The van der Waals surface area contributed by atoms with Crippen LogP contribution in [0, 0.1) is 29.3 Å². The quantitative estimate of drug-likeness (QED) is 0.331. The van der Waals surface area contributed by atoms with Gasteiger partial charge in [-0.2, -0.15) is 14.5 Å². The molecule has 0 heterocycles. The minimum Gasteiger partial charge on any atom is -0.422 e. The van der Waals surface area contributed by atoms with E-state index in [4.69, 9.17) is 8.74 Å². The summed E-state index contributed by atoms with van der Waals surface area (Å²) in [5, 5.41) is 0. The van der Waals surface area contributed by atoms with E-state index in [0.717, 1.165) is 44.9 Å². The molecule has 0 unspecified atom stereocenters. The summed E-state index contributed by atoms with van der Waals surface area (Å²) in [6.07, 6.45) is 8.33. The van der Waals surface area contributed by atoms with Gasteiger partial charge in [0.15, 0.2) is 0 Å². The van der Waals surface area contributed by atoms with E-state index in [2.05, 4.69) is 6.92 Å². The number of rotatable bonds is 2. The molecular formula is C18H25NaO5S. The number of carbonyl (C=O) groups is 1. The van der Waals surface area contributed by atoms with Gasteiger partial charge in [0.2, 0.25) is 0 Å². The molecule has 2 fully saturated rings. The van der Waals surface area contributed by atoms with Gasteiger partial charge in [-0.25, -0.2) is 0 Å². The van der Waals surface area contributed by atoms with E-state index in [0.29, 0.717) is 42.5 Å². The predicted octanol–water partition coefficient (Wildman–Crippen LogP) is 0.628. The van der Waals surface area contributed by atoms with Crippen molar-refractivity contribution in [3.05, 3.63) is 17.3 Å². The van der Waals surface area contributed by atoms with Gasteiger partial charge < -0.3 is 4.18 Å². The van der Waals surface area contributed by atoms with Crippen molar-refractivity contribution in [3.63, 3.8) is 0 Å². The van der Waals surface area contributed by atoms with E-state index < -0.39 is 10.4 Å². The molecular weight excluding hydrogens is 351 g/mol. The molecule has 1 N–H and O–H groups in total. The molecule has 4 aliphatic carbocycles. The zero-order valence-corrected chi connectivity index (χ0v) is 17.9. The van der Waals surface area contributed by atoms with Crippen molar-refractivity contribution in [1.82, 2.24) is 0 Å². The van der Waals surface area contributed by atoms with Crippen LogP contribution in [-0.2, 0) is 19.4 Å². The molecule has 25 heavy (non-hydrogen) atoms. The topological polar surface area (TPSA) is 80.7 Å². The summed E-state index contributed by atoms with van der Waals surface area (Å²) in [4.78, 5) is 12.4. The molecule has 0 aromatic heterocycles. The van der Waals surface area contributed by atoms with Crippen LogP contribution in [0.15, 0.2) is 11.1 Å². The summed E-state index contributed by atoms with van der Waals surface area (Å²) in [5.41, 5.74) is 2.71. The molecule has 5 nitrogen and oxygen atoms in total. The van der Waals surface area contributed by atoms with Gasteiger partial charge in [0, 0.05) is 11.8 Å². The first-order valence-corrected chi connectivity index (χ1v) is 10.4. The Morgan fingerprint density at radius 3 is 2.68 bits per heavy atom. The Kier molecular flexibility index (Phi) is 5.63. The Labute approximate surface area is 172 Å². The second-order valence-corrected chi connectivity index (χ2v) is 9.21. The monoisotopic (exact) mass is 376 g/mol. The number of hydrogen-bond acceptors (Lipinski definition) is 4. The van der Waals surface area contributed by atoms with Gasteiger partial charge in [0.05, 0.1) is 0 Å². The number of allylic oxidation sites excluding steroid dienone is 1. The maximum absolute atomic E-state index is 12.4. The summed E-state index contributed by atoms with van der Waals surface area (Å²) in [6, 6.07) is 0. The molecule has 4 atom stereocenters. The fourth-order valence-electron chi connectivity index (χ4n) is 6.04. The van der Waals surface area contributed by atoms with Crippen LogP contribution in [0.4, 0.5) is 0 Å². The average Bonchev–Trinajstić information content (AvgIpc) is 2.81. The largest absolute Gasteiger partial charge is 1.00 e. The molecule has 0 aliphatic heterocycles. The molecule has 134 valence electrons. The van der Waals surface area contributed by atoms with Gasteiger partial charge >= 0.3 is 40.0 Å². The standard InChI is InChI=1S/C18H25O5S.Na/c1-18-9-8-14-13-5-3-12(23-24(20,21)22)10-11(13)2-4-15(14)16(18)6-7-17(18)19;/h14-16H,2-10H2,1H3,(H,20,21,22);/q-1;+1/t14-,15-,16+,18+;/m1./s1. The molecule has 4 rings (SSSR count). The minimum atomic E-state index is -4.41. The van der Waals surface area contributed by atoms with Gasteiger partial charge in [-0.1, -0.05) is 24.5 Å². The van der Waals surface area contributed by atoms with E-state index in [1.54, 1.807) is 0 Å². The van der Waals surface area contributed by atoms with Gasteiger partial charge in [-0.15, -0.1) is 12.8 Å². The van der Waals surface area contributed by atoms with Crippen molar-refractivity contribution < 1.29 is 51.5 Å². The van der Waals surface area contributed by atoms with E-state index in [1.165, 1.54) is 11.1 Å². The molecule has 0 bridgehead atoms. The minimum absolute atomic E-state index is 0. The summed E-state index contributed by atoms with van der Waals surface area (Å²) in [6.45, 7) is 2.18. The summed E-state index contributed by atoms with van der Waals surface area (Å²) in [7, 11) is -4.41. The SMILES string of the molecule is C[C@]12CC[C@@H]3C4=C(CC[C@H]3[C@@H]1CCC2=O)C[C-](OS(=O)(=O)O)CC4.[Na+]. The predicted molar refractivity (Wildman–Crippen MR) is 88.0 cm³/mol. The van der Waals surface area contributed by atoms with Crippen LogP contribution < -0.4 is 29.6 Å². The number of ketones is 1. The number of Topliss-reactive ketones (excluding diaryl/α,β-unsaturated/α-hetero) is 1. The van der Waals surface area contributed by atoms with E-state index >= 15 is 0 Å². The van der Waals surface area contributed by atoms with E-state index in [1.807, 2.05) is 0 Å². The third kappa shape index (κ3) is 3.55. The van der Waals surface area contributed by atoms with Crippen molar-refractivity contribution in [2.75, 3.05) is 0 Å². The van der Waals surface area contributed by atoms with Crippen LogP contribution in [0.1, 0.15) is 64.7 Å². The smallest absolute Gasteiger partial charge is 0.422 e. The summed E-state index contributed by atoms with van der Waals surface area (Å²) >= 11 is 0. The maximum Gasteiger partial charge on any atom is 1.00 e. The van der Waals surface area contributed by atoms with E-state index in [9.17, 15) is 13.2 Å². The average molecular weight is 376 g/mol. The first kappa shape index (κ1) is 20.0. The molecule has 0 amide bonds. The Balaban J connectivity index is 0.00000182. The second kappa shape index (κ2) is 7.02. The third-order valence-corrected chi connectivity index (χ3v) is 7.58. The fourth-order valence-corrected chi connectivity index (χ4v) is 6.48. The second-order valence-electron chi connectivity index (χ2n) is 8.19. The van der Waals surface area contributed by atoms with Crippen LogP contribution in [0.5, 0.6) is 0 Å². The van der Waals surface area contributed by atoms with Gasteiger partial charge in [0.1, 0.15) is 5.78 Å².